The average Bonchev–Trinajstić information content (AvgIpc) is 3.70. The third-order valence-corrected chi connectivity index (χ3v) is 18.2. The molecule has 0 aliphatic carbocycles. The van der Waals surface area contributed by atoms with E-state index in [1.807, 2.05) is 0 Å². The molecule has 0 rings (SSSR count). The molecule has 0 aromatic carbocycles. The molecule has 0 aliphatic rings. The minimum atomic E-state index is -4.95. The van der Waals surface area contributed by atoms with E-state index in [4.69, 9.17) is 37.0 Å². The second kappa shape index (κ2) is 57.9. The quantitative estimate of drug-likeness (QED) is 0.0222. The first-order chi connectivity index (χ1) is 41.7. The first-order valence-electron chi connectivity index (χ1n) is 35.3. The molecule has 0 aromatic rings. The molecule has 3 N–H and O–H groups in total. The summed E-state index contributed by atoms with van der Waals surface area (Å²) >= 11 is 0. The van der Waals surface area contributed by atoms with E-state index in [0.29, 0.717) is 31.6 Å². The van der Waals surface area contributed by atoms with Crippen LogP contribution in [0.5, 0.6) is 0 Å². The fourth-order valence-electron chi connectivity index (χ4n) is 10.1. The molecule has 0 amide bonds. The number of esters is 4. The summed E-state index contributed by atoms with van der Waals surface area (Å²) in [4.78, 5) is 72.4. The van der Waals surface area contributed by atoms with Crippen molar-refractivity contribution < 1.29 is 80.2 Å². The SMILES string of the molecule is CCC(C)CCCCCCCCCCCCC(=O)O[C@H](COC(=O)CCCCCCCCCCC(C)C)COP(=O)(O)OCC(O)COP(=O)(O)OC[C@@H](COC(=O)CCCCCCCCCCC(C)CC)OC(=O)CCCCCCCCCC(C)C. The van der Waals surface area contributed by atoms with Crippen molar-refractivity contribution in [2.24, 2.45) is 23.7 Å². The fraction of sp³-hybridized carbons (Fsp3) is 0.941. The lowest BCUT2D eigenvalue weighted by molar-refractivity contribution is -0.161. The van der Waals surface area contributed by atoms with Crippen LogP contribution in [0.25, 0.3) is 0 Å². The normalized spacial score (nSPS) is 15.0. The number of carbonyl (C=O) groups is 4. The Morgan fingerprint density at radius 3 is 0.816 bits per heavy atom. The maximum absolute atomic E-state index is 13.0. The Morgan fingerprint density at radius 2 is 0.552 bits per heavy atom. The summed E-state index contributed by atoms with van der Waals surface area (Å²) in [5.74, 6) is 0.868. The van der Waals surface area contributed by atoms with Gasteiger partial charge in [-0.3, -0.25) is 37.3 Å². The molecular formula is C68H132O17P2. The van der Waals surface area contributed by atoms with Gasteiger partial charge >= 0.3 is 39.5 Å². The molecule has 7 atom stereocenters. The van der Waals surface area contributed by atoms with E-state index >= 15 is 0 Å². The van der Waals surface area contributed by atoms with E-state index < -0.39 is 97.5 Å². The Kier molecular flexibility index (Phi) is 56.6. The van der Waals surface area contributed by atoms with Crippen molar-refractivity contribution in [3.63, 3.8) is 0 Å². The third-order valence-electron chi connectivity index (χ3n) is 16.3. The lowest BCUT2D eigenvalue weighted by Gasteiger charge is -2.21. The first-order valence-corrected chi connectivity index (χ1v) is 38.3. The van der Waals surface area contributed by atoms with Crippen LogP contribution in [0.15, 0.2) is 0 Å². The molecule has 0 radical (unpaired) electrons. The number of unbranched alkanes of at least 4 members (excludes halogenated alkanes) is 29. The summed E-state index contributed by atoms with van der Waals surface area (Å²) < 4.78 is 68.2. The zero-order valence-corrected chi connectivity index (χ0v) is 58.4. The largest absolute Gasteiger partial charge is 0.472 e. The second-order valence-corrected chi connectivity index (χ2v) is 28.9. The van der Waals surface area contributed by atoms with Gasteiger partial charge in [-0.05, 0) is 49.4 Å². The van der Waals surface area contributed by atoms with Gasteiger partial charge in [0.2, 0.25) is 0 Å². The number of phosphoric acid groups is 2. The van der Waals surface area contributed by atoms with Gasteiger partial charge in [0.25, 0.3) is 0 Å². The maximum Gasteiger partial charge on any atom is 0.472 e. The van der Waals surface area contributed by atoms with Gasteiger partial charge in [0.1, 0.15) is 19.3 Å². The lowest BCUT2D eigenvalue weighted by Crippen LogP contribution is -2.30. The van der Waals surface area contributed by atoms with E-state index in [-0.39, 0.29) is 25.7 Å². The van der Waals surface area contributed by atoms with Crippen molar-refractivity contribution in [1.82, 2.24) is 0 Å². The lowest BCUT2D eigenvalue weighted by atomic mass is 9.99. The van der Waals surface area contributed by atoms with Crippen LogP contribution in [0.4, 0.5) is 0 Å². The van der Waals surface area contributed by atoms with Crippen molar-refractivity contribution in [2.45, 2.75) is 350 Å². The van der Waals surface area contributed by atoms with Gasteiger partial charge in [-0.1, -0.05) is 280 Å². The minimum Gasteiger partial charge on any atom is -0.462 e. The molecule has 0 aromatic heterocycles. The van der Waals surface area contributed by atoms with Crippen LogP contribution in [0.3, 0.4) is 0 Å². The number of aliphatic hydroxyl groups is 1. The molecular weight excluding hydrogens is 1150 g/mol. The van der Waals surface area contributed by atoms with Gasteiger partial charge in [0.15, 0.2) is 12.2 Å². The van der Waals surface area contributed by atoms with Crippen molar-refractivity contribution >= 4 is 39.5 Å². The number of phosphoric ester groups is 2. The number of hydrogen-bond donors (Lipinski definition) is 3. The van der Waals surface area contributed by atoms with Gasteiger partial charge in [0.05, 0.1) is 26.4 Å². The number of rotatable bonds is 65. The number of hydrogen-bond acceptors (Lipinski definition) is 15. The molecule has 0 saturated carbocycles. The predicted molar refractivity (Wildman–Crippen MR) is 349 cm³/mol. The molecule has 0 fully saturated rings. The van der Waals surface area contributed by atoms with Gasteiger partial charge in [0, 0.05) is 25.7 Å². The number of ether oxygens (including phenoxy) is 4. The van der Waals surface area contributed by atoms with Crippen LogP contribution in [0.1, 0.15) is 331 Å². The van der Waals surface area contributed by atoms with Crippen molar-refractivity contribution in [3.8, 4) is 0 Å². The zero-order valence-electron chi connectivity index (χ0n) is 56.6. The Balaban J connectivity index is 5.26. The molecule has 0 aliphatic heterocycles. The molecule has 17 nitrogen and oxygen atoms in total. The highest BCUT2D eigenvalue weighted by Gasteiger charge is 2.30. The van der Waals surface area contributed by atoms with E-state index in [1.54, 1.807) is 0 Å². The smallest absolute Gasteiger partial charge is 0.462 e. The molecule has 87 heavy (non-hydrogen) atoms. The van der Waals surface area contributed by atoms with Gasteiger partial charge in [-0.25, -0.2) is 9.13 Å². The van der Waals surface area contributed by atoms with Gasteiger partial charge in [-0.2, -0.15) is 0 Å². The minimum absolute atomic E-state index is 0.102. The summed E-state index contributed by atoms with van der Waals surface area (Å²) in [6.07, 6.45) is 38.9. The molecule has 516 valence electrons. The van der Waals surface area contributed by atoms with Crippen LogP contribution in [0, 0.1) is 23.7 Å². The average molecular weight is 1280 g/mol. The molecule has 0 spiro atoms. The predicted octanol–water partition coefficient (Wildman–Crippen LogP) is 18.9. The molecule has 5 unspecified atom stereocenters. The fourth-order valence-corrected chi connectivity index (χ4v) is 11.7. The van der Waals surface area contributed by atoms with E-state index in [0.717, 1.165) is 108 Å². The van der Waals surface area contributed by atoms with Crippen LogP contribution >= 0.6 is 15.6 Å². The van der Waals surface area contributed by atoms with Crippen LogP contribution < -0.4 is 0 Å². The summed E-state index contributed by atoms with van der Waals surface area (Å²) in [6.45, 7) is 14.1. The summed E-state index contributed by atoms with van der Waals surface area (Å²) in [5.41, 5.74) is 0. The zero-order chi connectivity index (χ0) is 64.7. The number of aliphatic hydroxyl groups excluding tert-OH is 1. The van der Waals surface area contributed by atoms with Crippen molar-refractivity contribution in [2.75, 3.05) is 39.6 Å². The summed E-state index contributed by atoms with van der Waals surface area (Å²) in [6, 6.07) is 0. The monoisotopic (exact) mass is 1280 g/mol. The first kappa shape index (κ1) is 85.1. The van der Waals surface area contributed by atoms with Gasteiger partial charge in [-0.15, -0.1) is 0 Å². The van der Waals surface area contributed by atoms with Crippen molar-refractivity contribution in [3.05, 3.63) is 0 Å². The molecule has 0 bridgehead atoms. The molecule has 0 heterocycles. The summed E-state index contributed by atoms with van der Waals surface area (Å²) in [7, 11) is -9.90. The highest BCUT2D eigenvalue weighted by Crippen LogP contribution is 2.45. The number of carbonyl (C=O) groups excluding carboxylic acids is 4. The highest BCUT2D eigenvalue weighted by atomic mass is 31.2. The summed E-state index contributed by atoms with van der Waals surface area (Å²) in [5, 5.41) is 10.6. The Labute approximate surface area is 530 Å². The maximum atomic E-state index is 13.0. The van der Waals surface area contributed by atoms with E-state index in [2.05, 4.69) is 55.4 Å². The topological polar surface area (TPSA) is 237 Å². The van der Waals surface area contributed by atoms with Gasteiger partial charge < -0.3 is 33.8 Å². The van der Waals surface area contributed by atoms with Crippen molar-refractivity contribution in [1.29, 1.82) is 0 Å². The van der Waals surface area contributed by atoms with Crippen LogP contribution in [-0.2, 0) is 65.4 Å². The molecule has 0 saturated heterocycles. The van der Waals surface area contributed by atoms with E-state index in [1.165, 1.54) is 135 Å². The van der Waals surface area contributed by atoms with Crippen LogP contribution in [-0.4, -0.2) is 96.7 Å². The Morgan fingerprint density at radius 1 is 0.322 bits per heavy atom. The Hall–Kier alpha value is -1.94. The third kappa shape index (κ3) is 60.1. The standard InChI is InChI=1S/C68H132O17P2/c1-9-60(7)46-38-30-22-13-11-12-14-26-34-42-50-67(72)84-63(54-78-65(70)48-40-32-24-17-15-20-28-36-44-58(3)4)56-82-86(74,75)80-52-62(69)53-81-87(76,77)83-57-64(85-68(73)51-43-35-27-19-21-29-37-45-59(5)6)55-79-66(71)49-41-33-25-18-16-23-31-39-47-61(8)10-2/h58-64,69H,9-57H2,1-8H3,(H,74,75)(H,76,77)/t60?,61?,62?,63-,64-/m1/s1. The van der Waals surface area contributed by atoms with Crippen LogP contribution in [0.2, 0.25) is 0 Å². The molecule has 19 heteroatoms. The highest BCUT2D eigenvalue weighted by molar-refractivity contribution is 7.47. The Bertz CT molecular complexity index is 1730. The van der Waals surface area contributed by atoms with E-state index in [9.17, 15) is 43.2 Å². The second-order valence-electron chi connectivity index (χ2n) is 26.0.